The number of likely N-dealkylation sites (tertiary alicyclic amines) is 1. The van der Waals surface area contributed by atoms with E-state index in [1.807, 2.05) is 12.1 Å². The smallest absolute Gasteiger partial charge is 0.267 e. The molecule has 1 fully saturated rings. The van der Waals surface area contributed by atoms with E-state index < -0.39 is 5.91 Å². The molecule has 130 valence electrons. The molecule has 25 heavy (non-hydrogen) atoms. The van der Waals surface area contributed by atoms with Gasteiger partial charge in [-0.25, -0.2) is 5.48 Å². The fourth-order valence-electron chi connectivity index (χ4n) is 3.43. The van der Waals surface area contributed by atoms with Crippen molar-refractivity contribution >= 4 is 12.0 Å². The molecule has 2 aromatic rings. The fraction of sp³-hybridized carbons (Fsp3) is 0.286. The average Bonchev–Trinajstić information content (AvgIpc) is 3.14. The lowest BCUT2D eigenvalue weighted by Gasteiger charge is -2.25. The molecule has 0 bridgehead atoms. The summed E-state index contributed by atoms with van der Waals surface area (Å²) in [5, 5.41) is 8.51. The molecule has 1 aliphatic heterocycles. The zero-order valence-electron chi connectivity index (χ0n) is 14.3. The first-order valence-corrected chi connectivity index (χ1v) is 8.76. The van der Waals surface area contributed by atoms with E-state index in [2.05, 4.69) is 47.4 Å². The number of hydrogen-bond donors (Lipinski definition) is 2. The minimum absolute atomic E-state index is 0.475. The van der Waals surface area contributed by atoms with Gasteiger partial charge in [0, 0.05) is 18.7 Å². The summed E-state index contributed by atoms with van der Waals surface area (Å²) < 4.78 is 0. The molecule has 3 rings (SSSR count). The van der Waals surface area contributed by atoms with Gasteiger partial charge in [0.1, 0.15) is 0 Å². The molecule has 1 atom stereocenters. The average molecular weight is 336 g/mol. The Morgan fingerprint density at radius 1 is 1.16 bits per heavy atom. The molecule has 1 heterocycles. The lowest BCUT2D eigenvalue weighted by molar-refractivity contribution is -0.124. The van der Waals surface area contributed by atoms with E-state index in [1.165, 1.54) is 30.0 Å². The van der Waals surface area contributed by atoms with E-state index in [4.69, 9.17) is 5.21 Å². The van der Waals surface area contributed by atoms with E-state index in [1.54, 1.807) is 11.6 Å². The van der Waals surface area contributed by atoms with E-state index in [0.29, 0.717) is 6.04 Å². The molecular weight excluding hydrogens is 312 g/mol. The third-order valence-corrected chi connectivity index (χ3v) is 4.75. The van der Waals surface area contributed by atoms with Crippen LogP contribution in [0.1, 0.15) is 35.6 Å². The van der Waals surface area contributed by atoms with Crippen LogP contribution in [-0.4, -0.2) is 29.1 Å². The summed E-state index contributed by atoms with van der Waals surface area (Å²) in [6.45, 7) is 2.23. The molecule has 2 N–H and O–H groups in total. The molecule has 4 nitrogen and oxygen atoms in total. The third kappa shape index (κ3) is 4.78. The van der Waals surface area contributed by atoms with Crippen LogP contribution in [0.25, 0.3) is 6.08 Å². The SMILES string of the molecule is O=C(C=Cc1ccc([C@@H]2CCCN2CCc2ccccc2)cc1)NO. The molecule has 1 saturated heterocycles. The minimum Gasteiger partial charge on any atom is -0.296 e. The van der Waals surface area contributed by atoms with Crippen LogP contribution in [0.2, 0.25) is 0 Å². The second-order valence-corrected chi connectivity index (χ2v) is 6.41. The van der Waals surface area contributed by atoms with Gasteiger partial charge in [-0.1, -0.05) is 54.6 Å². The second kappa shape index (κ2) is 8.60. The Labute approximate surface area is 148 Å². The van der Waals surface area contributed by atoms with Crippen molar-refractivity contribution in [2.75, 3.05) is 13.1 Å². The first kappa shape index (κ1) is 17.4. The summed E-state index contributed by atoms with van der Waals surface area (Å²) in [5.41, 5.74) is 5.25. The van der Waals surface area contributed by atoms with Gasteiger partial charge in [0.05, 0.1) is 0 Å². The van der Waals surface area contributed by atoms with Crippen LogP contribution in [0.5, 0.6) is 0 Å². The minimum atomic E-state index is -0.521. The van der Waals surface area contributed by atoms with Crippen LogP contribution in [0.4, 0.5) is 0 Å². The number of carbonyl (C=O) groups is 1. The Balaban J connectivity index is 1.61. The van der Waals surface area contributed by atoms with Gasteiger partial charge < -0.3 is 0 Å². The largest absolute Gasteiger partial charge is 0.296 e. The van der Waals surface area contributed by atoms with Gasteiger partial charge in [0.2, 0.25) is 0 Å². The van der Waals surface area contributed by atoms with Gasteiger partial charge >= 0.3 is 0 Å². The van der Waals surface area contributed by atoms with Crippen LogP contribution >= 0.6 is 0 Å². The summed E-state index contributed by atoms with van der Waals surface area (Å²) >= 11 is 0. The molecule has 4 heteroatoms. The topological polar surface area (TPSA) is 52.6 Å². The van der Waals surface area contributed by atoms with E-state index in [0.717, 1.165) is 25.1 Å². The molecule has 1 amide bonds. The van der Waals surface area contributed by atoms with Crippen molar-refractivity contribution in [2.24, 2.45) is 0 Å². The number of hydroxylamine groups is 1. The Kier molecular flexibility index (Phi) is 5.99. The first-order chi connectivity index (χ1) is 12.3. The zero-order valence-corrected chi connectivity index (χ0v) is 14.3. The van der Waals surface area contributed by atoms with Crippen molar-refractivity contribution in [1.82, 2.24) is 10.4 Å². The Bertz CT molecular complexity index is 710. The highest BCUT2D eigenvalue weighted by molar-refractivity contribution is 5.90. The number of nitrogens with one attached hydrogen (secondary N) is 1. The Hall–Kier alpha value is -2.43. The number of nitrogens with zero attached hydrogens (tertiary/aromatic N) is 1. The summed E-state index contributed by atoms with van der Waals surface area (Å²) in [4.78, 5) is 13.6. The highest BCUT2D eigenvalue weighted by atomic mass is 16.5. The van der Waals surface area contributed by atoms with Crippen molar-refractivity contribution in [3.63, 3.8) is 0 Å². The summed E-state index contributed by atoms with van der Waals surface area (Å²) in [5.74, 6) is -0.521. The summed E-state index contributed by atoms with van der Waals surface area (Å²) in [6, 6.07) is 19.4. The Morgan fingerprint density at radius 3 is 2.64 bits per heavy atom. The van der Waals surface area contributed by atoms with Crippen molar-refractivity contribution < 1.29 is 10.0 Å². The van der Waals surface area contributed by atoms with Gasteiger partial charge in [-0.3, -0.25) is 14.9 Å². The van der Waals surface area contributed by atoms with Gasteiger partial charge in [0.25, 0.3) is 5.91 Å². The third-order valence-electron chi connectivity index (χ3n) is 4.75. The molecular formula is C21H24N2O2. The molecule has 0 radical (unpaired) electrons. The molecule has 0 aromatic heterocycles. The predicted octanol–water partition coefficient (Wildman–Crippen LogP) is 3.58. The normalized spacial score (nSPS) is 17.9. The monoisotopic (exact) mass is 336 g/mol. The van der Waals surface area contributed by atoms with Crippen molar-refractivity contribution in [3.8, 4) is 0 Å². The van der Waals surface area contributed by atoms with Crippen LogP contribution in [0.3, 0.4) is 0 Å². The maximum Gasteiger partial charge on any atom is 0.267 e. The van der Waals surface area contributed by atoms with Crippen molar-refractivity contribution in [3.05, 3.63) is 77.4 Å². The number of hydrogen-bond acceptors (Lipinski definition) is 3. The summed E-state index contributed by atoms with van der Waals surface area (Å²) in [7, 11) is 0. The first-order valence-electron chi connectivity index (χ1n) is 8.76. The lowest BCUT2D eigenvalue weighted by Crippen LogP contribution is -2.25. The quantitative estimate of drug-likeness (QED) is 0.481. The Morgan fingerprint density at radius 2 is 1.92 bits per heavy atom. The predicted molar refractivity (Wildman–Crippen MR) is 99.1 cm³/mol. The number of amides is 1. The van der Waals surface area contributed by atoms with Gasteiger partial charge in [-0.2, -0.15) is 0 Å². The molecule has 0 saturated carbocycles. The highest BCUT2D eigenvalue weighted by Crippen LogP contribution is 2.32. The van der Waals surface area contributed by atoms with E-state index in [9.17, 15) is 4.79 Å². The number of rotatable bonds is 6. The van der Waals surface area contributed by atoms with Gasteiger partial charge in [-0.05, 0) is 48.6 Å². The van der Waals surface area contributed by atoms with Crippen LogP contribution < -0.4 is 5.48 Å². The second-order valence-electron chi connectivity index (χ2n) is 6.41. The lowest BCUT2D eigenvalue weighted by atomic mass is 10.0. The maximum absolute atomic E-state index is 11.0. The van der Waals surface area contributed by atoms with Gasteiger partial charge in [-0.15, -0.1) is 0 Å². The van der Waals surface area contributed by atoms with Crippen molar-refractivity contribution in [1.29, 1.82) is 0 Å². The molecule has 0 spiro atoms. The number of carbonyl (C=O) groups excluding carboxylic acids is 1. The molecule has 1 aliphatic rings. The molecule has 0 unspecified atom stereocenters. The van der Waals surface area contributed by atoms with Crippen LogP contribution in [0, 0.1) is 0 Å². The standard InChI is InChI=1S/C21H24N2O2/c24-21(22-25)13-10-18-8-11-19(12-9-18)20-7-4-15-23(20)16-14-17-5-2-1-3-6-17/h1-3,5-6,8-13,20,25H,4,7,14-16H2,(H,22,24)/t20-/m0/s1. The van der Waals surface area contributed by atoms with Crippen LogP contribution in [0.15, 0.2) is 60.7 Å². The van der Waals surface area contributed by atoms with Crippen LogP contribution in [-0.2, 0) is 11.2 Å². The van der Waals surface area contributed by atoms with E-state index >= 15 is 0 Å². The van der Waals surface area contributed by atoms with Crippen molar-refractivity contribution in [2.45, 2.75) is 25.3 Å². The molecule has 2 aromatic carbocycles. The molecule has 0 aliphatic carbocycles. The van der Waals surface area contributed by atoms with Gasteiger partial charge in [0.15, 0.2) is 0 Å². The highest BCUT2D eigenvalue weighted by Gasteiger charge is 2.25. The number of benzene rings is 2. The van der Waals surface area contributed by atoms with E-state index in [-0.39, 0.29) is 0 Å². The summed E-state index contributed by atoms with van der Waals surface area (Å²) in [6.07, 6.45) is 6.51. The maximum atomic E-state index is 11.0. The fourth-order valence-corrected chi connectivity index (χ4v) is 3.43. The zero-order chi connectivity index (χ0) is 17.5.